The fourth-order valence-corrected chi connectivity index (χ4v) is 7.94. The number of benzene rings is 5. The third-order valence-corrected chi connectivity index (χ3v) is 11.4. The maximum Gasteiger partial charge on any atom is 0.144 e. The first-order chi connectivity index (χ1) is 39.6. The Morgan fingerprint density at radius 3 is 1.45 bits per heavy atom. The van der Waals surface area contributed by atoms with Crippen LogP contribution in [-0.4, -0.2) is 15.0 Å². The van der Waals surface area contributed by atoms with Gasteiger partial charge < -0.3 is 4.42 Å². The number of rotatable bonds is 15. The second-order valence-electron chi connectivity index (χ2n) is 16.8. The van der Waals surface area contributed by atoms with Crippen molar-refractivity contribution in [3.63, 3.8) is 0 Å². The number of hydrogen-bond acceptors (Lipinski definition) is 5. The standard InChI is InChI=1S/C62H60N4O/c1-39(2)55-32-58(46-15-10-8-11-16-46)64-36-49(55)24-21-43-29-44(22-25-50-37-65-59(33-56(50)40(3)4)47-17-12-9-13-18-47)31-45(30-43)23-26-51-38-66-60(34-57(51)41(5)6)54-20-14-19-52-53-28-27-48(35-63)42(7)61(53)67-62(52)54/h8-20,27-34,36-41H,21-26H2,1-7H3/i7D3,21D2,22D2,23D2,24D2,25D2,26D2,27D,39D,40D,41D. The van der Waals surface area contributed by atoms with Crippen molar-refractivity contribution in [3.8, 4) is 39.8 Å². The van der Waals surface area contributed by atoms with E-state index in [2.05, 4.69) is 15.0 Å². The molecule has 0 aliphatic heterocycles. The molecule has 0 radical (unpaired) electrons. The average molecular weight is 896 g/mol. The van der Waals surface area contributed by atoms with E-state index in [1.165, 1.54) is 65.8 Å². The molecule has 334 valence electrons. The zero-order chi connectivity index (χ0) is 63.5. The fourth-order valence-electron chi connectivity index (χ4n) is 7.94. The van der Waals surface area contributed by atoms with E-state index in [1.54, 1.807) is 84.9 Å². The molecule has 4 aromatic heterocycles. The van der Waals surface area contributed by atoms with Gasteiger partial charge >= 0.3 is 0 Å². The maximum absolute atomic E-state index is 9.92. The van der Waals surface area contributed by atoms with E-state index < -0.39 is 96.2 Å². The summed E-state index contributed by atoms with van der Waals surface area (Å²) < 4.78 is 185. The summed E-state index contributed by atoms with van der Waals surface area (Å²) in [7, 11) is 0. The predicted molar refractivity (Wildman–Crippen MR) is 277 cm³/mol. The number of nitrogens with zero attached hydrogens (tertiary/aromatic N) is 4. The van der Waals surface area contributed by atoms with Gasteiger partial charge in [0.05, 0.1) is 30.1 Å². The second-order valence-corrected chi connectivity index (χ2v) is 16.8. The van der Waals surface area contributed by atoms with Crippen molar-refractivity contribution in [2.75, 3.05) is 0 Å². The summed E-state index contributed by atoms with van der Waals surface area (Å²) in [4.78, 5) is 13.6. The summed E-state index contributed by atoms with van der Waals surface area (Å²) in [6, 6.07) is 32.1. The number of para-hydroxylation sites is 1. The summed E-state index contributed by atoms with van der Waals surface area (Å²) in [5.74, 6) is -4.94. The van der Waals surface area contributed by atoms with E-state index in [0.717, 1.165) is 36.8 Å². The van der Waals surface area contributed by atoms with Crippen molar-refractivity contribution in [1.82, 2.24) is 15.0 Å². The average Bonchev–Trinajstić information content (AvgIpc) is 1.04. The number of hydrogen-bond donors (Lipinski definition) is 0. The molecule has 0 saturated heterocycles. The third-order valence-electron chi connectivity index (χ3n) is 11.4. The lowest BCUT2D eigenvalue weighted by atomic mass is 9.89. The van der Waals surface area contributed by atoms with Crippen LogP contribution in [0.4, 0.5) is 0 Å². The summed E-state index contributed by atoms with van der Waals surface area (Å²) in [6.45, 7) is 5.88. The Kier molecular flexibility index (Phi) is 8.10. The zero-order valence-electron chi connectivity index (χ0n) is 57.0. The van der Waals surface area contributed by atoms with Gasteiger partial charge in [-0.05, 0) is 149 Å². The van der Waals surface area contributed by atoms with Crippen LogP contribution < -0.4 is 0 Å². The molecule has 5 heteroatoms. The summed E-state index contributed by atoms with van der Waals surface area (Å²) in [6.07, 6.45) is -16.6. The van der Waals surface area contributed by atoms with Crippen molar-refractivity contribution in [2.45, 2.75) is 104 Å². The Hall–Kier alpha value is -7.16. The number of aryl methyl sites for hydroxylation is 7. The minimum absolute atomic E-state index is 0.0282. The molecule has 0 fully saturated rings. The summed E-state index contributed by atoms with van der Waals surface area (Å²) >= 11 is 0. The molecule has 9 rings (SSSR count). The highest BCUT2D eigenvalue weighted by Crippen LogP contribution is 2.38. The molecule has 5 nitrogen and oxygen atoms in total. The van der Waals surface area contributed by atoms with Gasteiger partial charge in [0, 0.05) is 76.3 Å². The van der Waals surface area contributed by atoms with Gasteiger partial charge in [-0.25, -0.2) is 0 Å². The molecule has 0 saturated carbocycles. The molecule has 0 N–H and O–H groups in total. The van der Waals surface area contributed by atoms with Gasteiger partial charge in [0.1, 0.15) is 11.2 Å². The van der Waals surface area contributed by atoms with Gasteiger partial charge in [0.2, 0.25) is 0 Å². The number of nitriles is 1. The lowest BCUT2D eigenvalue weighted by molar-refractivity contribution is 0.666. The number of pyridine rings is 3. The third kappa shape index (κ3) is 9.72. The summed E-state index contributed by atoms with van der Waals surface area (Å²) in [5, 5.41) is 10.5. The second kappa shape index (κ2) is 19.7. The molecule has 5 aromatic carbocycles. The monoisotopic (exact) mass is 896 g/mol. The highest BCUT2D eigenvalue weighted by molar-refractivity contribution is 6.10. The minimum Gasteiger partial charge on any atom is -0.455 e. The van der Waals surface area contributed by atoms with E-state index in [0.29, 0.717) is 27.9 Å². The number of aromatic nitrogens is 3. The van der Waals surface area contributed by atoms with Crippen LogP contribution in [0.15, 0.2) is 150 Å². The Bertz CT molecular complexity index is 4010. The first kappa shape index (κ1) is 27.5. The number of furan rings is 1. The first-order valence-electron chi connectivity index (χ1n) is 31.3. The molecule has 9 aromatic rings. The highest BCUT2D eigenvalue weighted by Gasteiger charge is 2.19. The van der Waals surface area contributed by atoms with Crippen LogP contribution in [0.2, 0.25) is 0 Å². The van der Waals surface area contributed by atoms with E-state index in [1.807, 2.05) is 0 Å². The normalized spacial score (nSPS) is 17.8. The Morgan fingerprint density at radius 2 is 1.00 bits per heavy atom. The molecule has 0 atom stereocenters. The summed E-state index contributed by atoms with van der Waals surface area (Å²) in [5.41, 5.74) is -2.33. The van der Waals surface area contributed by atoms with Gasteiger partial charge in [-0.3, -0.25) is 15.0 Å². The van der Waals surface area contributed by atoms with Gasteiger partial charge in [-0.15, -0.1) is 0 Å². The van der Waals surface area contributed by atoms with Crippen molar-refractivity contribution in [3.05, 3.63) is 207 Å². The van der Waals surface area contributed by atoms with Crippen molar-refractivity contribution < 1.29 is 30.5 Å². The van der Waals surface area contributed by atoms with E-state index in [-0.39, 0.29) is 61.7 Å². The zero-order valence-corrected chi connectivity index (χ0v) is 38.0. The molecule has 4 heterocycles. The molecule has 0 aliphatic carbocycles. The van der Waals surface area contributed by atoms with Crippen molar-refractivity contribution in [1.29, 1.82) is 5.26 Å². The minimum atomic E-state index is -3.41. The number of fused-ring (bicyclic) bond motifs is 3. The largest absolute Gasteiger partial charge is 0.455 e. The molecule has 0 unspecified atom stereocenters. The highest BCUT2D eigenvalue weighted by atomic mass is 16.3. The van der Waals surface area contributed by atoms with Crippen LogP contribution >= 0.6 is 0 Å². The molecule has 0 spiro atoms. The smallest absolute Gasteiger partial charge is 0.144 e. The van der Waals surface area contributed by atoms with Crippen LogP contribution in [0.3, 0.4) is 0 Å². The SMILES string of the molecule is [2H]c1cc2c(oc3c(-c4cc(C([2H])(C)C)c(C([2H])([2H])C([2H])([2H])c5cc(C([2H])([2H])C([2H])([2H])c6cnc(-c7ccccc7)cc6C([2H])(C)C)cc(C([2H])([2H])C([2H])([2H])c6cnc(-c7ccccc7)cc6C([2H])(C)C)c5)cn4)cccc32)c(C([2H])([2H])[2H])c1C#N. The van der Waals surface area contributed by atoms with Crippen molar-refractivity contribution in [2.24, 2.45) is 0 Å². The topological polar surface area (TPSA) is 75.6 Å². The van der Waals surface area contributed by atoms with Crippen LogP contribution in [0.1, 0.15) is 146 Å². The van der Waals surface area contributed by atoms with Crippen LogP contribution in [0, 0.1) is 18.2 Å². The molecule has 67 heavy (non-hydrogen) atoms. The van der Waals surface area contributed by atoms with Crippen LogP contribution in [0.25, 0.3) is 55.7 Å². The van der Waals surface area contributed by atoms with Gasteiger partial charge in [-0.1, -0.05) is 133 Å². The molecular weight excluding hydrogens is 817 g/mol. The van der Waals surface area contributed by atoms with E-state index in [4.69, 9.17) is 9.90 Å². The predicted octanol–water partition coefficient (Wildman–Crippen LogP) is 15.7. The molecular formula is C62H60N4O. The fraction of sp³-hybridized carbons (Fsp3) is 0.258. The van der Waals surface area contributed by atoms with Crippen molar-refractivity contribution >= 4 is 21.9 Å². The van der Waals surface area contributed by atoms with Crippen LogP contribution in [-0.2, 0) is 38.2 Å². The lowest BCUT2D eigenvalue weighted by Crippen LogP contribution is -2.05. The Morgan fingerprint density at radius 1 is 0.552 bits per heavy atom. The lowest BCUT2D eigenvalue weighted by Gasteiger charge is -2.17. The quantitative estimate of drug-likeness (QED) is 0.102. The van der Waals surface area contributed by atoms with E-state index >= 15 is 0 Å². The van der Waals surface area contributed by atoms with Gasteiger partial charge in [0.25, 0.3) is 0 Å². The Labute approximate surface area is 423 Å². The molecule has 0 aliphatic rings. The van der Waals surface area contributed by atoms with Crippen LogP contribution in [0.5, 0.6) is 0 Å². The Balaban J connectivity index is 1.25. The molecule has 0 amide bonds. The van der Waals surface area contributed by atoms with Gasteiger partial charge in [-0.2, -0.15) is 5.26 Å². The van der Waals surface area contributed by atoms with E-state index in [9.17, 15) is 25.8 Å². The first-order valence-corrected chi connectivity index (χ1v) is 21.8. The van der Waals surface area contributed by atoms with Gasteiger partial charge in [0.15, 0.2) is 0 Å². The maximum atomic E-state index is 9.92. The molecule has 0 bridgehead atoms.